The normalized spacial score (nSPS) is 18.9. The molecular weight excluding hydrogens is 356 g/mol. The third-order valence-electron chi connectivity index (χ3n) is 6.05. The first-order chi connectivity index (χ1) is 13.9. The van der Waals surface area contributed by atoms with Gasteiger partial charge in [0.1, 0.15) is 5.82 Å². The van der Waals surface area contributed by atoms with Crippen LogP contribution in [-0.4, -0.2) is 15.1 Å². The van der Waals surface area contributed by atoms with Crippen LogP contribution in [0.5, 0.6) is 0 Å². The molecule has 0 unspecified atom stereocenters. The Bertz CT molecular complexity index is 1180. The topological polar surface area (TPSA) is 48.9 Å². The summed E-state index contributed by atoms with van der Waals surface area (Å²) in [5.74, 6) is 2.11. The van der Waals surface area contributed by atoms with Gasteiger partial charge in [-0.25, -0.2) is 4.98 Å². The zero-order valence-electron chi connectivity index (χ0n) is 17.1. The minimum Gasteiger partial charge on any atom is -0.386 e. The number of imidazole rings is 1. The van der Waals surface area contributed by atoms with Crippen LogP contribution in [0, 0.1) is 6.92 Å². The molecule has 3 nitrogen and oxygen atoms in total. The molecular formula is C26H26N2O. The lowest BCUT2D eigenvalue weighted by Gasteiger charge is -2.21. The van der Waals surface area contributed by atoms with Crippen LogP contribution >= 0.6 is 0 Å². The van der Waals surface area contributed by atoms with Crippen LogP contribution in [0.2, 0.25) is 0 Å². The van der Waals surface area contributed by atoms with E-state index in [1.165, 1.54) is 11.1 Å². The van der Waals surface area contributed by atoms with Gasteiger partial charge in [-0.2, -0.15) is 0 Å². The summed E-state index contributed by atoms with van der Waals surface area (Å²) >= 11 is 0. The molecule has 1 aliphatic rings. The summed E-state index contributed by atoms with van der Waals surface area (Å²) in [7, 11) is 0. The van der Waals surface area contributed by atoms with Crippen molar-refractivity contribution in [2.24, 2.45) is 0 Å². The van der Waals surface area contributed by atoms with Gasteiger partial charge in [-0.1, -0.05) is 60.2 Å². The van der Waals surface area contributed by atoms with Crippen molar-refractivity contribution in [1.29, 1.82) is 0 Å². The van der Waals surface area contributed by atoms with Crippen molar-refractivity contribution in [3.63, 3.8) is 0 Å². The number of aromatic amines is 1. The van der Waals surface area contributed by atoms with E-state index in [0.717, 1.165) is 40.0 Å². The Hall–Kier alpha value is -2.91. The first-order valence-corrected chi connectivity index (χ1v) is 10.3. The number of nitrogens with zero attached hydrogens (tertiary/aromatic N) is 1. The average Bonchev–Trinajstić information content (AvgIpc) is 3.39. The van der Waals surface area contributed by atoms with Crippen molar-refractivity contribution in [2.75, 3.05) is 0 Å². The Kier molecular flexibility index (Phi) is 4.11. The molecule has 0 amide bonds. The van der Waals surface area contributed by atoms with E-state index in [2.05, 4.69) is 60.4 Å². The van der Waals surface area contributed by atoms with Crippen molar-refractivity contribution in [1.82, 2.24) is 9.97 Å². The number of rotatable bonds is 4. The highest BCUT2D eigenvalue weighted by atomic mass is 16.3. The fourth-order valence-corrected chi connectivity index (χ4v) is 4.32. The van der Waals surface area contributed by atoms with Crippen LogP contribution in [0.4, 0.5) is 0 Å². The second kappa shape index (κ2) is 6.57. The van der Waals surface area contributed by atoms with Crippen molar-refractivity contribution in [3.8, 4) is 11.1 Å². The predicted molar refractivity (Wildman–Crippen MR) is 118 cm³/mol. The van der Waals surface area contributed by atoms with Crippen molar-refractivity contribution >= 4 is 11.0 Å². The lowest BCUT2D eigenvalue weighted by Crippen LogP contribution is -2.16. The number of fused-ring (bicyclic) bond motifs is 1. The molecule has 29 heavy (non-hydrogen) atoms. The first-order valence-electron chi connectivity index (χ1n) is 10.3. The van der Waals surface area contributed by atoms with E-state index in [4.69, 9.17) is 4.98 Å². The van der Waals surface area contributed by atoms with Gasteiger partial charge in [0, 0.05) is 5.92 Å². The standard InChI is InChI=1S/C26H26N2O/c1-16-8-10-17(11-9-16)20-15-21(20)25-27-23-13-12-18(14-24(23)28-25)19-6-4-5-7-22(19)26(2,3)29/h4-14,20-21,29H,15H2,1-3H3,(H,27,28)/t20-,21-/m1/s1. The summed E-state index contributed by atoms with van der Waals surface area (Å²) in [6, 6.07) is 23.3. The van der Waals surface area contributed by atoms with E-state index >= 15 is 0 Å². The van der Waals surface area contributed by atoms with Crippen molar-refractivity contribution < 1.29 is 5.11 Å². The average molecular weight is 383 g/mol. The molecule has 3 aromatic carbocycles. The van der Waals surface area contributed by atoms with Gasteiger partial charge in [0.05, 0.1) is 16.6 Å². The second-order valence-electron chi connectivity index (χ2n) is 8.82. The van der Waals surface area contributed by atoms with E-state index in [1.54, 1.807) is 0 Å². The number of H-pyrrole nitrogens is 1. The van der Waals surface area contributed by atoms with Gasteiger partial charge in [0.25, 0.3) is 0 Å². The highest BCUT2D eigenvalue weighted by Crippen LogP contribution is 2.54. The third kappa shape index (κ3) is 3.36. The first kappa shape index (κ1) is 18.1. The number of hydrogen-bond donors (Lipinski definition) is 2. The fraction of sp³-hybridized carbons (Fsp3) is 0.269. The van der Waals surface area contributed by atoms with E-state index in [0.29, 0.717) is 11.8 Å². The van der Waals surface area contributed by atoms with E-state index in [-0.39, 0.29) is 0 Å². The summed E-state index contributed by atoms with van der Waals surface area (Å²) in [6.07, 6.45) is 1.15. The SMILES string of the molecule is Cc1ccc([C@H]2C[C@H]2c2nc3cc(-c4ccccc4C(C)(C)O)ccc3[nH]2)cc1. The maximum atomic E-state index is 10.6. The molecule has 0 spiro atoms. The van der Waals surface area contributed by atoms with Gasteiger partial charge >= 0.3 is 0 Å². The van der Waals surface area contributed by atoms with Crippen LogP contribution in [0.15, 0.2) is 66.7 Å². The quantitative estimate of drug-likeness (QED) is 0.452. The Labute approximate surface area is 171 Å². The molecule has 4 aromatic rings. The Balaban J connectivity index is 1.47. The zero-order chi connectivity index (χ0) is 20.2. The molecule has 3 heteroatoms. The fourth-order valence-electron chi connectivity index (χ4n) is 4.32. The molecule has 5 rings (SSSR count). The number of benzene rings is 3. The molecule has 0 bridgehead atoms. The summed E-state index contributed by atoms with van der Waals surface area (Å²) in [6.45, 7) is 5.78. The lowest BCUT2D eigenvalue weighted by molar-refractivity contribution is 0.0792. The van der Waals surface area contributed by atoms with E-state index in [9.17, 15) is 5.11 Å². The third-order valence-corrected chi connectivity index (χ3v) is 6.05. The molecule has 2 N–H and O–H groups in total. The summed E-state index contributed by atoms with van der Waals surface area (Å²) in [5, 5.41) is 10.6. The highest BCUT2D eigenvalue weighted by Gasteiger charge is 2.41. The minimum absolute atomic E-state index is 0.470. The second-order valence-corrected chi connectivity index (χ2v) is 8.82. The maximum absolute atomic E-state index is 10.6. The highest BCUT2D eigenvalue weighted by molar-refractivity contribution is 5.83. The summed E-state index contributed by atoms with van der Waals surface area (Å²) in [5.41, 5.74) is 6.93. The molecule has 1 aromatic heterocycles. The molecule has 0 radical (unpaired) electrons. The molecule has 1 saturated carbocycles. The van der Waals surface area contributed by atoms with Crippen LogP contribution < -0.4 is 0 Å². The molecule has 1 heterocycles. The zero-order valence-corrected chi connectivity index (χ0v) is 17.1. The van der Waals surface area contributed by atoms with Crippen LogP contribution in [0.3, 0.4) is 0 Å². The summed E-state index contributed by atoms with van der Waals surface area (Å²) < 4.78 is 0. The molecule has 146 valence electrons. The predicted octanol–water partition coefficient (Wildman–Crippen LogP) is 6.04. The van der Waals surface area contributed by atoms with Crippen molar-refractivity contribution in [3.05, 3.63) is 89.2 Å². The van der Waals surface area contributed by atoms with Crippen LogP contribution in [0.25, 0.3) is 22.2 Å². The number of hydrogen-bond acceptors (Lipinski definition) is 2. The maximum Gasteiger partial charge on any atom is 0.110 e. The molecule has 1 aliphatic carbocycles. The largest absolute Gasteiger partial charge is 0.386 e. The van der Waals surface area contributed by atoms with Gasteiger partial charge in [0.2, 0.25) is 0 Å². The van der Waals surface area contributed by atoms with Gasteiger partial charge in [0.15, 0.2) is 0 Å². The molecule has 0 saturated heterocycles. The van der Waals surface area contributed by atoms with Crippen molar-refractivity contribution in [2.45, 2.75) is 44.6 Å². The van der Waals surface area contributed by atoms with E-state index < -0.39 is 5.60 Å². The lowest BCUT2D eigenvalue weighted by atomic mass is 9.89. The van der Waals surface area contributed by atoms with Gasteiger partial charge < -0.3 is 10.1 Å². The molecule has 1 fully saturated rings. The van der Waals surface area contributed by atoms with Crippen LogP contribution in [0.1, 0.15) is 54.6 Å². The van der Waals surface area contributed by atoms with E-state index in [1.807, 2.05) is 32.0 Å². The monoisotopic (exact) mass is 382 g/mol. The number of aliphatic hydroxyl groups is 1. The van der Waals surface area contributed by atoms with Gasteiger partial charge in [-0.05, 0) is 67.5 Å². The van der Waals surface area contributed by atoms with Gasteiger partial charge in [-0.15, -0.1) is 0 Å². The molecule has 0 aliphatic heterocycles. The minimum atomic E-state index is -0.891. The number of nitrogens with one attached hydrogen (secondary N) is 1. The Morgan fingerprint density at radius 3 is 2.48 bits per heavy atom. The number of aryl methyl sites for hydroxylation is 1. The Morgan fingerprint density at radius 2 is 1.72 bits per heavy atom. The summed E-state index contributed by atoms with van der Waals surface area (Å²) in [4.78, 5) is 8.46. The Morgan fingerprint density at radius 1 is 0.966 bits per heavy atom. The smallest absolute Gasteiger partial charge is 0.110 e. The number of aromatic nitrogens is 2. The van der Waals surface area contributed by atoms with Gasteiger partial charge in [-0.3, -0.25) is 0 Å². The molecule has 2 atom stereocenters. The van der Waals surface area contributed by atoms with Crippen LogP contribution in [-0.2, 0) is 5.60 Å².